The van der Waals surface area contributed by atoms with Gasteiger partial charge in [-0.2, -0.15) is 18.4 Å². The number of rotatable bonds is 8. The summed E-state index contributed by atoms with van der Waals surface area (Å²) in [5.41, 5.74) is 0.223. The van der Waals surface area contributed by atoms with Gasteiger partial charge >= 0.3 is 12.1 Å². The summed E-state index contributed by atoms with van der Waals surface area (Å²) < 4.78 is 72.6. The third kappa shape index (κ3) is 7.09. The Kier molecular flexibility index (Phi) is 9.54. The summed E-state index contributed by atoms with van der Waals surface area (Å²) in [4.78, 5) is 37.7. The molecule has 6 heterocycles. The van der Waals surface area contributed by atoms with E-state index in [2.05, 4.69) is 26.0 Å². The zero-order chi connectivity index (χ0) is 43.1. The first-order valence-corrected chi connectivity index (χ1v) is 22.2. The molecule has 3 aromatic heterocycles. The smallest absolute Gasteiger partial charge is 0.410 e. The number of nitrogens with zero attached hydrogens (tertiary/aromatic N) is 9. The number of amides is 1. The number of aromatic nitrogens is 6. The highest BCUT2D eigenvalue weighted by molar-refractivity contribution is 7.89. The summed E-state index contributed by atoms with van der Waals surface area (Å²) in [6.07, 6.45) is 11.7. The van der Waals surface area contributed by atoms with Gasteiger partial charge in [-0.15, -0.1) is 15.6 Å². The molecule has 4 fully saturated rings. The van der Waals surface area contributed by atoms with Gasteiger partial charge in [-0.05, 0) is 76.1 Å². The van der Waals surface area contributed by atoms with Crippen LogP contribution in [0.4, 0.5) is 25.1 Å². The number of terminal acetylenes is 1. The van der Waals surface area contributed by atoms with Crippen molar-refractivity contribution in [3.63, 3.8) is 0 Å². The van der Waals surface area contributed by atoms with E-state index < -0.39 is 33.4 Å². The van der Waals surface area contributed by atoms with Crippen molar-refractivity contribution in [1.82, 2.24) is 34.0 Å². The lowest BCUT2D eigenvalue weighted by atomic mass is 9.96. The van der Waals surface area contributed by atoms with Crippen molar-refractivity contribution >= 4 is 49.3 Å². The number of carbonyl (C=O) groups is 1. The van der Waals surface area contributed by atoms with Gasteiger partial charge in [-0.3, -0.25) is 9.88 Å². The number of ether oxygens (including phenoxy) is 2. The second-order valence-electron chi connectivity index (χ2n) is 17.4. The van der Waals surface area contributed by atoms with Crippen LogP contribution in [0.3, 0.4) is 0 Å². The number of piperazine rings is 1. The van der Waals surface area contributed by atoms with Crippen molar-refractivity contribution in [3.05, 3.63) is 90.1 Å². The summed E-state index contributed by atoms with van der Waals surface area (Å²) in [6.45, 7) is 7.24. The van der Waals surface area contributed by atoms with Gasteiger partial charge in [-0.25, -0.2) is 18.6 Å². The number of anilines is 2. The highest BCUT2D eigenvalue weighted by Crippen LogP contribution is 2.40. The van der Waals surface area contributed by atoms with E-state index in [0.29, 0.717) is 71.7 Å². The standard InChI is InChI=1S/C45H43F2N9O5S/c1-5-33-36(46)17-14-26-8-6-11-34(37(26)33)39-38(47)40-35(21-48-39)42(54-22-29-15-16-30(23-54)56(29)44(57)61-45(2,3)4)51-43(50-40)60-31-18-19-53(24-31)28-9-7-10-32(20-28)62(58,59)55-25-49-41(52-55)27-12-13-27/h1,6-11,14,17,20-21,25,27,29-31H,12-13,15-16,18-19,22-24H2,2-4H3/t29-,30+,31-/m0/s1. The Labute approximate surface area is 356 Å². The minimum absolute atomic E-state index is 0.000150. The molecular formula is C45H43F2N9O5S. The molecule has 0 N–H and O–H groups in total. The molecule has 0 unspecified atom stereocenters. The molecule has 318 valence electrons. The molecule has 4 aliphatic rings. The predicted octanol–water partition coefficient (Wildman–Crippen LogP) is 7.06. The van der Waals surface area contributed by atoms with E-state index in [1.165, 1.54) is 24.7 Å². The molecule has 3 aliphatic heterocycles. The van der Waals surface area contributed by atoms with Crippen LogP contribution in [0.15, 0.2) is 72.0 Å². The van der Waals surface area contributed by atoms with Crippen LogP contribution in [0.25, 0.3) is 32.9 Å². The average Bonchev–Trinajstić information content (AvgIpc) is 3.64. The molecule has 3 atom stereocenters. The zero-order valence-electron chi connectivity index (χ0n) is 34.3. The molecule has 0 radical (unpaired) electrons. The van der Waals surface area contributed by atoms with Gasteiger partial charge in [0.05, 0.1) is 34.5 Å². The van der Waals surface area contributed by atoms with Crippen LogP contribution in [0.5, 0.6) is 6.01 Å². The lowest BCUT2D eigenvalue weighted by molar-refractivity contribution is 0.0122. The number of fused-ring (bicyclic) bond motifs is 4. The molecule has 10 rings (SSSR count). The molecule has 1 saturated carbocycles. The van der Waals surface area contributed by atoms with E-state index in [4.69, 9.17) is 20.9 Å². The predicted molar refractivity (Wildman–Crippen MR) is 227 cm³/mol. The molecule has 0 spiro atoms. The Morgan fingerprint density at radius 2 is 1.69 bits per heavy atom. The first-order chi connectivity index (χ1) is 29.8. The lowest BCUT2D eigenvalue weighted by Crippen LogP contribution is -2.57. The Hall–Kier alpha value is -6.41. The van der Waals surface area contributed by atoms with E-state index in [1.54, 1.807) is 36.4 Å². The van der Waals surface area contributed by atoms with Crippen LogP contribution in [0.2, 0.25) is 0 Å². The first-order valence-electron chi connectivity index (χ1n) is 20.8. The second-order valence-corrected chi connectivity index (χ2v) is 19.2. The van der Waals surface area contributed by atoms with Crippen LogP contribution in [0.1, 0.15) is 70.2 Å². The van der Waals surface area contributed by atoms with Crippen molar-refractivity contribution in [2.24, 2.45) is 0 Å². The van der Waals surface area contributed by atoms with Crippen LogP contribution in [-0.4, -0.2) is 98.5 Å². The van der Waals surface area contributed by atoms with Crippen molar-refractivity contribution in [3.8, 4) is 29.6 Å². The molecule has 1 aliphatic carbocycles. The highest BCUT2D eigenvalue weighted by atomic mass is 32.2. The van der Waals surface area contributed by atoms with Crippen LogP contribution >= 0.6 is 0 Å². The van der Waals surface area contributed by atoms with Gasteiger partial charge in [0, 0.05) is 54.8 Å². The van der Waals surface area contributed by atoms with Gasteiger partial charge in [-0.1, -0.05) is 36.3 Å². The Balaban J connectivity index is 0.986. The normalized spacial score (nSPS) is 20.3. The summed E-state index contributed by atoms with van der Waals surface area (Å²) in [6, 6.07) is 14.3. The van der Waals surface area contributed by atoms with Gasteiger partial charge in [0.25, 0.3) is 10.0 Å². The molecule has 1 amide bonds. The van der Waals surface area contributed by atoms with Crippen LogP contribution in [-0.2, 0) is 14.8 Å². The zero-order valence-corrected chi connectivity index (χ0v) is 35.1. The topological polar surface area (TPSA) is 149 Å². The summed E-state index contributed by atoms with van der Waals surface area (Å²) in [7, 11) is -3.98. The quantitative estimate of drug-likeness (QED) is 0.144. The van der Waals surface area contributed by atoms with E-state index in [0.717, 1.165) is 29.8 Å². The minimum Gasteiger partial charge on any atom is -0.458 e. The molecule has 3 aromatic carbocycles. The van der Waals surface area contributed by atoms with Crippen molar-refractivity contribution < 1.29 is 31.5 Å². The number of carbonyl (C=O) groups excluding carboxylic acids is 1. The monoisotopic (exact) mass is 859 g/mol. The van der Waals surface area contributed by atoms with Crippen molar-refractivity contribution in [1.29, 1.82) is 0 Å². The third-order valence-electron chi connectivity index (χ3n) is 12.0. The van der Waals surface area contributed by atoms with E-state index in [9.17, 15) is 13.2 Å². The number of benzene rings is 3. The highest BCUT2D eigenvalue weighted by Gasteiger charge is 2.45. The van der Waals surface area contributed by atoms with Gasteiger partial charge in [0.1, 0.15) is 40.9 Å². The first kappa shape index (κ1) is 39.7. The molecule has 2 bridgehead atoms. The van der Waals surface area contributed by atoms with Crippen LogP contribution in [0, 0.1) is 24.0 Å². The fourth-order valence-electron chi connectivity index (χ4n) is 8.95. The SMILES string of the molecule is C#Cc1c(F)ccc2cccc(-c3ncc4c(N5C[C@H]6CC[C@@H](C5)N6C(=O)OC(C)(C)C)nc(O[C@H]5CCN(c6cccc(S(=O)(=O)n7cnc(C8CC8)n7)c6)C5)nc4c3F)c12. The molecular weight excluding hydrogens is 817 g/mol. The Morgan fingerprint density at radius 1 is 0.919 bits per heavy atom. The van der Waals surface area contributed by atoms with E-state index in [1.807, 2.05) is 41.5 Å². The summed E-state index contributed by atoms with van der Waals surface area (Å²) in [5, 5.41) is 5.57. The molecule has 6 aromatic rings. The number of pyridine rings is 1. The fraction of sp³-hybridized carbons (Fsp3) is 0.378. The molecule has 17 heteroatoms. The van der Waals surface area contributed by atoms with Gasteiger partial charge in [0.15, 0.2) is 11.6 Å². The maximum atomic E-state index is 17.2. The molecule has 3 saturated heterocycles. The minimum atomic E-state index is -3.98. The van der Waals surface area contributed by atoms with Gasteiger partial charge in [0.2, 0.25) is 0 Å². The Bertz CT molecular complexity index is 2930. The van der Waals surface area contributed by atoms with Crippen LogP contribution < -0.4 is 14.5 Å². The van der Waals surface area contributed by atoms with Gasteiger partial charge < -0.3 is 19.3 Å². The van der Waals surface area contributed by atoms with E-state index >= 15 is 8.78 Å². The number of hydrogen-bond acceptors (Lipinski definition) is 12. The maximum Gasteiger partial charge on any atom is 0.410 e. The lowest BCUT2D eigenvalue weighted by Gasteiger charge is -2.42. The average molecular weight is 860 g/mol. The maximum absolute atomic E-state index is 17.2. The fourth-order valence-corrected chi connectivity index (χ4v) is 10.0. The number of halogens is 2. The third-order valence-corrected chi connectivity index (χ3v) is 13.5. The summed E-state index contributed by atoms with van der Waals surface area (Å²) in [5.74, 6) is 2.22. The van der Waals surface area contributed by atoms with E-state index in [-0.39, 0.29) is 51.8 Å². The van der Waals surface area contributed by atoms with Crippen molar-refractivity contribution in [2.45, 2.75) is 87.5 Å². The van der Waals surface area contributed by atoms with Crippen molar-refractivity contribution in [2.75, 3.05) is 36.0 Å². The molecule has 14 nitrogen and oxygen atoms in total. The second kappa shape index (κ2) is 14.9. The Morgan fingerprint density at radius 3 is 2.44 bits per heavy atom. The number of hydrogen-bond donors (Lipinski definition) is 0. The largest absolute Gasteiger partial charge is 0.458 e. The summed E-state index contributed by atoms with van der Waals surface area (Å²) >= 11 is 0. The molecule has 62 heavy (non-hydrogen) atoms.